The Morgan fingerprint density at radius 2 is 1.95 bits per heavy atom. The molecule has 3 aliphatic carbocycles. The van der Waals surface area contributed by atoms with Crippen LogP contribution < -0.4 is 4.74 Å². The van der Waals surface area contributed by atoms with Gasteiger partial charge in [0.1, 0.15) is 11.5 Å². The Morgan fingerprint density at radius 3 is 2.57 bits per heavy atom. The summed E-state index contributed by atoms with van der Waals surface area (Å²) in [6.07, 6.45) is 12.6. The number of ketones is 1. The van der Waals surface area contributed by atoms with Gasteiger partial charge in [0, 0.05) is 6.42 Å². The largest absolute Gasteiger partial charge is 0.497 e. The number of carbonyl (C=O) groups excluding carboxylic acids is 1. The van der Waals surface area contributed by atoms with E-state index in [1.807, 2.05) is 0 Å². The lowest BCUT2D eigenvalue weighted by Crippen LogP contribution is -2.56. The van der Waals surface area contributed by atoms with Gasteiger partial charge in [0.2, 0.25) is 0 Å². The molecule has 0 radical (unpaired) electrons. The van der Waals surface area contributed by atoms with Gasteiger partial charge in [-0.25, -0.2) is 0 Å². The quantitative estimate of drug-likeness (QED) is 0.184. The van der Waals surface area contributed by atoms with Gasteiger partial charge < -0.3 is 14.0 Å². The van der Waals surface area contributed by atoms with Crippen molar-refractivity contribution < 1.29 is 14.0 Å². The molecule has 3 nitrogen and oxygen atoms in total. The summed E-state index contributed by atoms with van der Waals surface area (Å²) in [6, 6.07) is 6.80. The Balaban J connectivity index is 1.74. The van der Waals surface area contributed by atoms with Gasteiger partial charge in [0.25, 0.3) is 0 Å². The number of hydrogen-bond acceptors (Lipinski definition) is 3. The Labute approximate surface area is 227 Å². The molecule has 0 heterocycles. The lowest BCUT2D eigenvalue weighted by atomic mass is 9.44. The zero-order valence-electron chi connectivity index (χ0n) is 24.9. The maximum atomic E-state index is 11.7. The van der Waals surface area contributed by atoms with Gasteiger partial charge in [0.05, 0.1) is 13.2 Å². The first-order valence-electron chi connectivity index (χ1n) is 14.8. The molecule has 0 N–H and O–H groups in total. The van der Waals surface area contributed by atoms with Crippen LogP contribution in [0.2, 0.25) is 18.1 Å². The number of methoxy groups -OCH3 is 1. The molecule has 206 valence electrons. The van der Waals surface area contributed by atoms with E-state index in [0.29, 0.717) is 36.1 Å². The minimum atomic E-state index is -1.88. The van der Waals surface area contributed by atoms with Crippen molar-refractivity contribution in [3.63, 3.8) is 0 Å². The fourth-order valence-corrected chi connectivity index (χ4v) is 9.75. The van der Waals surface area contributed by atoms with E-state index in [-0.39, 0.29) is 15.9 Å². The zero-order valence-corrected chi connectivity index (χ0v) is 25.9. The van der Waals surface area contributed by atoms with Gasteiger partial charge in [-0.3, -0.25) is 0 Å². The average Bonchev–Trinajstić information content (AvgIpc) is 3.15. The smallest absolute Gasteiger partial charge is 0.192 e. The second-order valence-corrected chi connectivity index (χ2v) is 19.0. The highest BCUT2D eigenvalue weighted by Gasteiger charge is 2.64. The van der Waals surface area contributed by atoms with Crippen LogP contribution in [-0.2, 0) is 15.6 Å². The van der Waals surface area contributed by atoms with Crippen molar-refractivity contribution in [2.75, 3.05) is 7.11 Å². The van der Waals surface area contributed by atoms with Crippen LogP contribution in [0, 0.1) is 22.7 Å². The molecule has 0 saturated heterocycles. The Hall–Kier alpha value is -1.39. The molecule has 0 aliphatic heterocycles. The zero-order chi connectivity index (χ0) is 27.2. The van der Waals surface area contributed by atoms with Crippen molar-refractivity contribution in [2.24, 2.45) is 22.7 Å². The minimum Gasteiger partial charge on any atom is -0.497 e. The molecule has 37 heavy (non-hydrogen) atoms. The van der Waals surface area contributed by atoms with Gasteiger partial charge >= 0.3 is 0 Å². The molecule has 0 unspecified atom stereocenters. The predicted molar refractivity (Wildman–Crippen MR) is 157 cm³/mol. The number of carbonyl (C=O) groups is 1. The Morgan fingerprint density at radius 1 is 1.22 bits per heavy atom. The van der Waals surface area contributed by atoms with Crippen LogP contribution in [-0.4, -0.2) is 27.3 Å². The number of Topliss-reactive ketones (excluding diaryl/α,β-unsaturated/α-hetero) is 1. The van der Waals surface area contributed by atoms with Crippen molar-refractivity contribution in [1.29, 1.82) is 0 Å². The molecular formula is C33H52O3Si. The lowest BCUT2D eigenvalue weighted by molar-refractivity contribution is -0.117. The second-order valence-electron chi connectivity index (χ2n) is 14.3. The van der Waals surface area contributed by atoms with Crippen LogP contribution in [0.25, 0.3) is 0 Å². The fourth-order valence-electron chi connectivity index (χ4n) is 8.30. The summed E-state index contributed by atoms with van der Waals surface area (Å²) in [6.45, 7) is 20.8. The highest BCUT2D eigenvalue weighted by atomic mass is 28.4. The molecule has 4 rings (SSSR count). The van der Waals surface area contributed by atoms with Gasteiger partial charge in [-0.1, -0.05) is 46.3 Å². The summed E-state index contributed by atoms with van der Waals surface area (Å²) < 4.78 is 12.9. The number of ether oxygens (including phenoxy) is 1. The van der Waals surface area contributed by atoms with E-state index in [2.05, 4.69) is 71.6 Å². The van der Waals surface area contributed by atoms with Crippen molar-refractivity contribution >= 4 is 14.1 Å². The molecule has 3 aliphatic rings. The maximum absolute atomic E-state index is 11.7. The van der Waals surface area contributed by atoms with Crippen LogP contribution in [0.3, 0.4) is 0 Å². The summed E-state index contributed by atoms with van der Waals surface area (Å²) in [7, 11) is -0.115. The number of benzene rings is 1. The summed E-state index contributed by atoms with van der Waals surface area (Å²) in [4.78, 5) is 11.7. The molecule has 6 atom stereocenters. The van der Waals surface area contributed by atoms with E-state index < -0.39 is 8.32 Å². The van der Waals surface area contributed by atoms with Gasteiger partial charge in [-0.05, 0) is 122 Å². The Bertz CT molecular complexity index is 1010. The highest BCUT2D eigenvalue weighted by molar-refractivity contribution is 6.74. The standard InChI is InChI=1S/C33H52O3Si/c1-10-33-20-19-24-21-26(35-7)15-16-27(24)30(33)25(14-12-11-13-23(2)34)22-32(6)28(33)17-18-29(32)36-37(8,9)31(3,4)5/h10,15-16,21,25,28-30H,1,11-14,17-20,22H2,2-9H3/t25-,28+,29-,30+,32-,33-/m0/s1. The number of rotatable bonds is 9. The van der Waals surface area contributed by atoms with Crippen molar-refractivity contribution in [3.8, 4) is 5.75 Å². The van der Waals surface area contributed by atoms with Crippen LogP contribution in [0.1, 0.15) is 103 Å². The second kappa shape index (κ2) is 10.3. The van der Waals surface area contributed by atoms with E-state index in [4.69, 9.17) is 9.16 Å². The average molecular weight is 525 g/mol. The number of hydrogen-bond donors (Lipinski definition) is 0. The summed E-state index contributed by atoms with van der Waals surface area (Å²) in [5.41, 5.74) is 3.26. The topological polar surface area (TPSA) is 35.5 Å². The van der Waals surface area contributed by atoms with Crippen LogP contribution >= 0.6 is 0 Å². The molecule has 4 heteroatoms. The maximum Gasteiger partial charge on any atom is 0.192 e. The first-order chi connectivity index (χ1) is 17.3. The van der Waals surface area contributed by atoms with Gasteiger partial charge in [0.15, 0.2) is 8.32 Å². The van der Waals surface area contributed by atoms with Crippen molar-refractivity contribution in [1.82, 2.24) is 0 Å². The van der Waals surface area contributed by atoms with Crippen LogP contribution in [0.15, 0.2) is 30.9 Å². The molecular weight excluding hydrogens is 472 g/mol. The number of fused-ring (bicyclic) bond motifs is 5. The SMILES string of the molecule is C=C[C@@]12CCc3cc(OC)ccc3[C@H]1[C@@H](CCCCC(C)=O)C[C@]1(C)[C@@H](O[Si](C)(C)C(C)(C)C)CC[C@H]12. The predicted octanol–water partition coefficient (Wildman–Crippen LogP) is 8.87. The monoisotopic (exact) mass is 524 g/mol. The normalized spacial score (nSPS) is 33.3. The first-order valence-corrected chi connectivity index (χ1v) is 17.7. The number of allylic oxidation sites excluding steroid dienone is 1. The van der Waals surface area contributed by atoms with E-state index in [0.717, 1.165) is 25.0 Å². The highest BCUT2D eigenvalue weighted by Crippen LogP contribution is 2.70. The fraction of sp³-hybridized carbons (Fsp3) is 0.727. The molecule has 1 aromatic rings. The summed E-state index contributed by atoms with van der Waals surface area (Å²) in [5.74, 6) is 2.93. The lowest BCUT2D eigenvalue weighted by Gasteiger charge is -2.61. The van der Waals surface area contributed by atoms with Gasteiger partial charge in [-0.15, -0.1) is 6.58 Å². The molecule has 0 bridgehead atoms. The molecule has 2 saturated carbocycles. The molecule has 1 aromatic carbocycles. The molecule has 2 fully saturated rings. The van der Waals surface area contributed by atoms with Crippen LogP contribution in [0.5, 0.6) is 5.75 Å². The Kier molecular flexibility index (Phi) is 7.96. The van der Waals surface area contributed by atoms with E-state index in [9.17, 15) is 4.79 Å². The summed E-state index contributed by atoms with van der Waals surface area (Å²) in [5, 5.41) is 0.212. The van der Waals surface area contributed by atoms with Gasteiger partial charge in [-0.2, -0.15) is 0 Å². The van der Waals surface area contributed by atoms with E-state index in [1.54, 1.807) is 14.0 Å². The minimum absolute atomic E-state index is 0.103. The number of unbranched alkanes of at least 4 members (excludes halogenated alkanes) is 1. The third kappa shape index (κ3) is 5.02. The van der Waals surface area contributed by atoms with E-state index in [1.165, 1.54) is 43.2 Å². The van der Waals surface area contributed by atoms with Crippen molar-refractivity contribution in [3.05, 3.63) is 42.0 Å². The number of aryl methyl sites for hydroxylation is 1. The third-order valence-electron chi connectivity index (χ3n) is 11.1. The summed E-state index contributed by atoms with van der Waals surface area (Å²) >= 11 is 0. The first kappa shape index (κ1) is 28.6. The van der Waals surface area contributed by atoms with E-state index >= 15 is 0 Å². The van der Waals surface area contributed by atoms with Crippen LogP contribution in [0.4, 0.5) is 0 Å². The molecule has 0 spiro atoms. The molecule has 0 amide bonds. The van der Waals surface area contributed by atoms with Crippen molar-refractivity contribution in [2.45, 2.75) is 123 Å². The molecule has 0 aromatic heterocycles. The third-order valence-corrected chi connectivity index (χ3v) is 15.6.